The molecule has 1 saturated heterocycles. The van der Waals surface area contributed by atoms with Gasteiger partial charge in [-0.3, -0.25) is 62.7 Å². The average molecular weight is 1400 g/mol. The summed E-state index contributed by atoms with van der Waals surface area (Å²) < 4.78 is 0. The second-order valence-corrected chi connectivity index (χ2v) is 25.2. The van der Waals surface area contributed by atoms with Gasteiger partial charge in [0.1, 0.15) is 60.4 Å². The summed E-state index contributed by atoms with van der Waals surface area (Å²) in [6.45, 7) is 5.47. The number of aliphatic imine (C=N–C) groups is 1. The van der Waals surface area contributed by atoms with Gasteiger partial charge in [-0.2, -0.15) is 0 Å². The van der Waals surface area contributed by atoms with Crippen LogP contribution in [0, 0.1) is 5.92 Å². The van der Waals surface area contributed by atoms with Crippen LogP contribution in [0.5, 0.6) is 0 Å². The van der Waals surface area contributed by atoms with E-state index in [0.29, 0.717) is 34.6 Å². The second-order valence-electron chi connectivity index (χ2n) is 24.8. The summed E-state index contributed by atoms with van der Waals surface area (Å²) >= 11 is 6.22. The van der Waals surface area contributed by atoms with Crippen LogP contribution in [0.15, 0.2) is 96.2 Å². The molecule has 1 aromatic heterocycles. The molecule has 99 heavy (non-hydrogen) atoms. The van der Waals surface area contributed by atoms with Gasteiger partial charge in [-0.1, -0.05) is 86.1 Å². The zero-order valence-electron chi connectivity index (χ0n) is 56.2. The summed E-state index contributed by atoms with van der Waals surface area (Å²) in [7, 11) is 0. The number of aliphatic hydroxyl groups excluding tert-OH is 1. The Kier molecular flexibility index (Phi) is 32.7. The van der Waals surface area contributed by atoms with Crippen molar-refractivity contribution in [3.63, 3.8) is 0 Å². The van der Waals surface area contributed by atoms with Crippen molar-refractivity contribution in [1.82, 2.24) is 63.1 Å². The topological polar surface area (TPSA) is 504 Å². The van der Waals surface area contributed by atoms with Gasteiger partial charge in [0, 0.05) is 63.2 Å². The second kappa shape index (κ2) is 40.6. The lowest BCUT2D eigenvalue weighted by molar-refractivity contribution is -0.142. The van der Waals surface area contributed by atoms with E-state index in [1.165, 1.54) is 31.1 Å². The lowest BCUT2D eigenvalue weighted by Crippen LogP contribution is -2.61. The number of nitrogens with zero attached hydrogens (tertiary/aromatic N) is 3. The molecule has 2 heterocycles. The van der Waals surface area contributed by atoms with Crippen molar-refractivity contribution in [3.8, 4) is 0 Å². The number of halogens is 1. The van der Waals surface area contributed by atoms with Crippen molar-refractivity contribution in [2.24, 2.45) is 39.6 Å². The van der Waals surface area contributed by atoms with E-state index in [0.717, 1.165) is 10.8 Å². The number of pyridine rings is 1. The molecular formula is C67H95ClN18O13. The van der Waals surface area contributed by atoms with Crippen LogP contribution >= 0.6 is 11.6 Å². The summed E-state index contributed by atoms with van der Waals surface area (Å²) in [4.78, 5) is 175. The van der Waals surface area contributed by atoms with Crippen molar-refractivity contribution >= 4 is 99.3 Å². The Hall–Kier alpha value is -10.0. The number of carbonyl (C=O) groups excluding carboxylic acids is 12. The number of benzene rings is 3. The number of primary amides is 2. The number of amides is 13. The molecule has 31 nitrogen and oxygen atoms in total. The van der Waals surface area contributed by atoms with Gasteiger partial charge in [0.05, 0.1) is 6.61 Å². The van der Waals surface area contributed by atoms with E-state index in [9.17, 15) is 62.6 Å². The van der Waals surface area contributed by atoms with Crippen LogP contribution in [0.4, 0.5) is 4.79 Å². The molecule has 0 spiro atoms. The van der Waals surface area contributed by atoms with Gasteiger partial charge < -0.3 is 91.8 Å². The van der Waals surface area contributed by atoms with E-state index in [1.807, 2.05) is 42.5 Å². The van der Waals surface area contributed by atoms with Crippen LogP contribution in [0.25, 0.3) is 10.8 Å². The first-order valence-electron chi connectivity index (χ1n) is 33.0. The molecule has 5 rings (SSSR count). The normalized spacial score (nSPS) is 15.4. The maximum atomic E-state index is 14.7. The SMILES string of the molecule is CC(=O)N[C@H](Cc1ccc2ccccc2c1)C(=O)N[C@H](Cc1ccc(Cl)cc1)C(=O)N[C@H](Cc1cccnc1)C(=O)N[C@@H](CO)C(=O)N[C@H](CCCCN)C(=O)N[C@H](CCCNC(N)=O)C(=O)N[C@@H](CC(C)C)C(=O)N[C@@H](CCCN=C(N)N)C(=O)N1CCC[C@H]1C(=O)N[C@H](C)C(N)=O. The number of nitrogens with two attached hydrogens (primary N) is 5. The molecule has 1 aliphatic heterocycles. The van der Waals surface area contributed by atoms with Crippen LogP contribution in [0.1, 0.15) is 109 Å². The molecule has 13 amide bonds. The number of hydrogen-bond acceptors (Lipinski definition) is 16. The Balaban J connectivity index is 1.39. The monoisotopic (exact) mass is 1390 g/mol. The van der Waals surface area contributed by atoms with E-state index >= 15 is 0 Å². The molecule has 32 heteroatoms. The molecule has 10 atom stereocenters. The molecule has 0 saturated carbocycles. The third kappa shape index (κ3) is 27.1. The van der Waals surface area contributed by atoms with E-state index in [2.05, 4.69) is 63.1 Å². The number of carbonyl (C=O) groups is 12. The molecule has 538 valence electrons. The Morgan fingerprint density at radius 1 is 0.586 bits per heavy atom. The lowest BCUT2D eigenvalue weighted by Gasteiger charge is -2.31. The molecule has 0 bridgehead atoms. The fourth-order valence-corrected chi connectivity index (χ4v) is 11.2. The predicted octanol–water partition coefficient (Wildman–Crippen LogP) is -1.54. The van der Waals surface area contributed by atoms with E-state index in [-0.39, 0.29) is 109 Å². The van der Waals surface area contributed by atoms with Crippen molar-refractivity contribution < 1.29 is 62.6 Å². The van der Waals surface area contributed by atoms with Crippen molar-refractivity contribution in [2.75, 3.05) is 32.8 Å². The number of unbranched alkanes of at least 4 members (excludes halogenated alkanes) is 1. The fourth-order valence-electron chi connectivity index (χ4n) is 11.1. The molecule has 0 unspecified atom stereocenters. The maximum absolute atomic E-state index is 14.7. The van der Waals surface area contributed by atoms with Crippen LogP contribution in [-0.2, 0) is 72.0 Å². The standard InChI is InChI=1S/C67H95ClN18O13/c1-38(2)31-50(59(92)81-49(18-11-28-75-66(71)72)65(98)86-30-12-19-55(86)64(97)77-39(3)56(70)89)82-58(91)48(17-10-29-76-67(73)99)79-57(90)47(16-7-8-26-69)80-63(96)54(37-87)85-62(95)53(35-43-13-9-27-74-36-43)84-61(94)52(33-41-21-24-46(68)25-22-41)83-60(93)51(78-40(4)88)34-42-20-23-44-14-5-6-15-45(44)32-42/h5-6,9,13-15,20-25,27,32,36,38-39,47-55,87H,7-8,10-12,16-19,26,28-31,33-35,37,69H2,1-4H3,(H2,70,89)(H,77,97)(H,78,88)(H,79,90)(H,80,96)(H,81,92)(H,82,91)(H,83,93)(H,84,94)(H,85,95)(H4,71,72,75)(H3,73,76,99)/t39-,47-,48-,49+,50+,51-,52-,53-,54+,55+/m1/s1. The Labute approximate surface area is 579 Å². The van der Waals surface area contributed by atoms with Crippen molar-refractivity contribution in [3.05, 3.63) is 113 Å². The minimum atomic E-state index is -1.79. The predicted molar refractivity (Wildman–Crippen MR) is 370 cm³/mol. The Morgan fingerprint density at radius 2 is 1.11 bits per heavy atom. The average Bonchev–Trinajstić information content (AvgIpc) is 1.82. The smallest absolute Gasteiger partial charge is 0.312 e. The van der Waals surface area contributed by atoms with Gasteiger partial charge in [0.25, 0.3) is 0 Å². The lowest BCUT2D eigenvalue weighted by atomic mass is 9.99. The van der Waals surface area contributed by atoms with Gasteiger partial charge in [0.15, 0.2) is 5.96 Å². The fraction of sp³-hybridized carbons (Fsp3) is 0.493. The summed E-state index contributed by atoms with van der Waals surface area (Å²) in [5.41, 5.74) is 29.4. The van der Waals surface area contributed by atoms with Crippen LogP contribution in [-0.4, -0.2) is 185 Å². The number of aromatic nitrogens is 1. The van der Waals surface area contributed by atoms with Gasteiger partial charge in [0.2, 0.25) is 65.0 Å². The number of fused-ring (bicyclic) bond motifs is 1. The third-order valence-electron chi connectivity index (χ3n) is 16.3. The van der Waals surface area contributed by atoms with Gasteiger partial charge >= 0.3 is 6.03 Å². The zero-order chi connectivity index (χ0) is 72.7. The van der Waals surface area contributed by atoms with Gasteiger partial charge in [-0.05, 0) is 129 Å². The molecule has 1 aliphatic rings. The first-order valence-corrected chi connectivity index (χ1v) is 33.3. The molecule has 1 fully saturated rings. The number of nitrogens with one attached hydrogen (secondary N) is 10. The van der Waals surface area contributed by atoms with Crippen molar-refractivity contribution in [1.29, 1.82) is 0 Å². The number of rotatable bonds is 40. The van der Waals surface area contributed by atoms with E-state index in [4.69, 9.17) is 40.3 Å². The largest absolute Gasteiger partial charge is 0.394 e. The number of guanidine groups is 1. The highest BCUT2D eigenvalue weighted by atomic mass is 35.5. The number of aliphatic hydroxyl groups is 1. The minimum absolute atomic E-state index is 0.00315. The first-order chi connectivity index (χ1) is 47.2. The third-order valence-corrected chi connectivity index (χ3v) is 16.5. The molecule has 21 N–H and O–H groups in total. The van der Waals surface area contributed by atoms with Crippen LogP contribution in [0.3, 0.4) is 0 Å². The molecule has 4 aromatic rings. The summed E-state index contributed by atoms with van der Waals surface area (Å²) in [6.07, 6.45) is 3.79. The van der Waals surface area contributed by atoms with E-state index in [1.54, 1.807) is 50.2 Å². The summed E-state index contributed by atoms with van der Waals surface area (Å²) in [5, 5.41) is 39.3. The van der Waals surface area contributed by atoms with Crippen molar-refractivity contribution in [2.45, 2.75) is 172 Å². The minimum Gasteiger partial charge on any atom is -0.394 e. The molecule has 0 radical (unpaired) electrons. The number of urea groups is 1. The first kappa shape index (κ1) is 79.7. The van der Waals surface area contributed by atoms with Crippen LogP contribution < -0.4 is 81.8 Å². The molecule has 3 aromatic carbocycles. The maximum Gasteiger partial charge on any atom is 0.312 e. The van der Waals surface area contributed by atoms with Gasteiger partial charge in [-0.25, -0.2) is 4.79 Å². The highest BCUT2D eigenvalue weighted by Gasteiger charge is 2.40. The Morgan fingerprint density at radius 3 is 1.69 bits per heavy atom. The number of likely N-dealkylation sites (tertiary alicyclic amines) is 1. The van der Waals surface area contributed by atoms with Gasteiger partial charge in [-0.15, -0.1) is 0 Å². The highest BCUT2D eigenvalue weighted by molar-refractivity contribution is 6.30. The van der Waals surface area contributed by atoms with Crippen LogP contribution in [0.2, 0.25) is 5.02 Å². The molecule has 0 aliphatic carbocycles. The summed E-state index contributed by atoms with van der Waals surface area (Å²) in [5.74, 6) is -9.32. The zero-order valence-corrected chi connectivity index (χ0v) is 56.9. The van der Waals surface area contributed by atoms with E-state index < -0.39 is 138 Å². The summed E-state index contributed by atoms with van der Waals surface area (Å²) in [6, 6.07) is 8.49. The number of hydrogen-bond donors (Lipinski definition) is 16. The quantitative estimate of drug-likeness (QED) is 0.0136. The molecular weight excluding hydrogens is 1300 g/mol. The highest BCUT2D eigenvalue weighted by Crippen LogP contribution is 2.22. The Bertz CT molecular complexity index is 3450.